The summed E-state index contributed by atoms with van der Waals surface area (Å²) >= 11 is 0. The minimum atomic E-state index is 0.550. The molecular weight excluding hydrogens is 212 g/mol. The van der Waals surface area contributed by atoms with Gasteiger partial charge in [-0.1, -0.05) is 12.8 Å². The summed E-state index contributed by atoms with van der Waals surface area (Å²) in [7, 11) is 0. The first-order valence-electron chi connectivity index (χ1n) is 6.78. The number of hydrogen-bond donors (Lipinski definition) is 3. The van der Waals surface area contributed by atoms with Crippen molar-refractivity contribution in [3.8, 4) is 0 Å². The van der Waals surface area contributed by atoms with Crippen molar-refractivity contribution in [1.29, 1.82) is 0 Å². The summed E-state index contributed by atoms with van der Waals surface area (Å²) in [6, 6.07) is 1.25. The molecule has 1 saturated heterocycles. The van der Waals surface area contributed by atoms with Crippen molar-refractivity contribution < 1.29 is 0 Å². The Bertz CT molecular complexity index is 288. The smallest absolute Gasteiger partial charge is 0.0922 e. The van der Waals surface area contributed by atoms with Crippen molar-refractivity contribution in [2.24, 2.45) is 0 Å². The Kier molecular flexibility index (Phi) is 5.01. The molecule has 0 radical (unpaired) electrons. The second kappa shape index (κ2) is 6.77. The van der Waals surface area contributed by atoms with E-state index in [9.17, 15) is 0 Å². The second-order valence-corrected chi connectivity index (χ2v) is 5.09. The van der Waals surface area contributed by atoms with Gasteiger partial charge in [0.15, 0.2) is 0 Å². The molecule has 2 unspecified atom stereocenters. The normalized spacial score (nSPS) is 23.2. The molecule has 1 aromatic rings. The van der Waals surface area contributed by atoms with E-state index in [2.05, 4.69) is 27.5 Å². The minimum absolute atomic E-state index is 0.550. The van der Waals surface area contributed by atoms with Crippen molar-refractivity contribution in [3.05, 3.63) is 18.2 Å². The lowest BCUT2D eigenvalue weighted by atomic mass is 10.0. The van der Waals surface area contributed by atoms with Gasteiger partial charge in [0.25, 0.3) is 0 Å². The van der Waals surface area contributed by atoms with E-state index in [1.54, 1.807) is 6.33 Å². The fourth-order valence-corrected chi connectivity index (χ4v) is 2.48. The molecule has 2 rings (SSSR count). The average Bonchev–Trinajstić information content (AvgIpc) is 2.72. The lowest BCUT2D eigenvalue weighted by Crippen LogP contribution is -2.36. The summed E-state index contributed by atoms with van der Waals surface area (Å²) in [5.41, 5.74) is 1.16. The summed E-state index contributed by atoms with van der Waals surface area (Å²) in [5.74, 6) is 0. The molecule has 0 aliphatic carbocycles. The molecule has 0 amide bonds. The second-order valence-electron chi connectivity index (χ2n) is 5.09. The van der Waals surface area contributed by atoms with E-state index in [0.29, 0.717) is 12.1 Å². The first-order chi connectivity index (χ1) is 8.34. The molecule has 1 aliphatic heterocycles. The van der Waals surface area contributed by atoms with Crippen molar-refractivity contribution in [2.45, 2.75) is 57.7 Å². The van der Waals surface area contributed by atoms with Crippen LogP contribution in [0.4, 0.5) is 0 Å². The Morgan fingerprint density at radius 2 is 2.41 bits per heavy atom. The Morgan fingerprint density at radius 1 is 1.47 bits per heavy atom. The van der Waals surface area contributed by atoms with Crippen LogP contribution in [0.1, 0.15) is 44.7 Å². The quantitative estimate of drug-likeness (QED) is 0.731. The zero-order chi connectivity index (χ0) is 11.9. The van der Waals surface area contributed by atoms with Crippen molar-refractivity contribution in [2.75, 3.05) is 6.54 Å². The van der Waals surface area contributed by atoms with Crippen molar-refractivity contribution in [1.82, 2.24) is 20.6 Å². The molecule has 2 atom stereocenters. The van der Waals surface area contributed by atoms with Gasteiger partial charge in [0, 0.05) is 30.5 Å². The van der Waals surface area contributed by atoms with Crippen molar-refractivity contribution in [3.63, 3.8) is 0 Å². The van der Waals surface area contributed by atoms with Gasteiger partial charge in [0.05, 0.1) is 6.33 Å². The molecule has 0 spiro atoms. The molecule has 1 aliphatic rings. The number of aromatic nitrogens is 2. The lowest BCUT2D eigenvalue weighted by molar-refractivity contribution is 0.401. The first-order valence-corrected chi connectivity index (χ1v) is 6.78. The Hall–Kier alpha value is -0.870. The molecule has 96 valence electrons. The van der Waals surface area contributed by atoms with Crippen LogP contribution in [0, 0.1) is 0 Å². The number of H-pyrrole nitrogens is 1. The third kappa shape index (κ3) is 4.48. The van der Waals surface area contributed by atoms with Crippen LogP contribution in [-0.2, 0) is 6.54 Å². The summed E-state index contributed by atoms with van der Waals surface area (Å²) in [4.78, 5) is 7.14. The largest absolute Gasteiger partial charge is 0.347 e. The number of imidazole rings is 1. The van der Waals surface area contributed by atoms with E-state index in [1.807, 2.05) is 6.20 Å². The van der Waals surface area contributed by atoms with E-state index >= 15 is 0 Å². The number of nitrogens with one attached hydrogen (secondary N) is 3. The first kappa shape index (κ1) is 12.6. The minimum Gasteiger partial charge on any atom is -0.347 e. The van der Waals surface area contributed by atoms with Gasteiger partial charge in [-0.3, -0.25) is 0 Å². The fraction of sp³-hybridized carbons (Fsp3) is 0.769. The van der Waals surface area contributed by atoms with E-state index in [4.69, 9.17) is 0 Å². The Morgan fingerprint density at radius 3 is 3.24 bits per heavy atom. The number of nitrogens with zero attached hydrogens (tertiary/aromatic N) is 1. The standard InChI is InChI=1S/C13H24N4/c1-11(16-9-13-8-14-10-17-13)7-12-5-3-2-4-6-15-12/h8,10-12,15-16H,2-7,9H2,1H3,(H,14,17). The van der Waals surface area contributed by atoms with Gasteiger partial charge >= 0.3 is 0 Å². The zero-order valence-corrected chi connectivity index (χ0v) is 10.7. The maximum absolute atomic E-state index is 4.02. The molecule has 17 heavy (non-hydrogen) atoms. The van der Waals surface area contributed by atoms with Gasteiger partial charge < -0.3 is 15.6 Å². The third-order valence-electron chi connectivity index (χ3n) is 3.50. The molecule has 0 saturated carbocycles. The van der Waals surface area contributed by atoms with Crippen LogP contribution < -0.4 is 10.6 Å². The van der Waals surface area contributed by atoms with Crippen molar-refractivity contribution >= 4 is 0 Å². The van der Waals surface area contributed by atoms with Gasteiger partial charge in [-0.2, -0.15) is 0 Å². The van der Waals surface area contributed by atoms with Gasteiger partial charge in [0.1, 0.15) is 0 Å². The molecule has 2 heterocycles. The van der Waals surface area contributed by atoms with E-state index in [-0.39, 0.29) is 0 Å². The van der Waals surface area contributed by atoms with Gasteiger partial charge in [-0.05, 0) is 32.7 Å². The van der Waals surface area contributed by atoms with Crippen LogP contribution in [0.25, 0.3) is 0 Å². The highest BCUT2D eigenvalue weighted by Crippen LogP contribution is 2.12. The molecule has 0 aromatic carbocycles. The highest BCUT2D eigenvalue weighted by molar-refractivity contribution is 4.93. The summed E-state index contributed by atoms with van der Waals surface area (Å²) in [6.07, 6.45) is 10.3. The van der Waals surface area contributed by atoms with Gasteiger partial charge in [-0.15, -0.1) is 0 Å². The molecule has 4 heteroatoms. The zero-order valence-electron chi connectivity index (χ0n) is 10.7. The summed E-state index contributed by atoms with van der Waals surface area (Å²) in [5, 5.41) is 7.19. The van der Waals surface area contributed by atoms with Crippen LogP contribution in [0.2, 0.25) is 0 Å². The molecule has 1 fully saturated rings. The van der Waals surface area contributed by atoms with Crippen LogP contribution in [-0.4, -0.2) is 28.6 Å². The Labute approximate surface area is 104 Å². The van der Waals surface area contributed by atoms with Crippen LogP contribution in [0.3, 0.4) is 0 Å². The maximum Gasteiger partial charge on any atom is 0.0922 e. The van der Waals surface area contributed by atoms with Gasteiger partial charge in [0.2, 0.25) is 0 Å². The number of rotatable bonds is 5. The fourth-order valence-electron chi connectivity index (χ4n) is 2.48. The molecule has 4 nitrogen and oxygen atoms in total. The summed E-state index contributed by atoms with van der Waals surface area (Å²) in [6.45, 7) is 4.34. The summed E-state index contributed by atoms with van der Waals surface area (Å²) < 4.78 is 0. The van der Waals surface area contributed by atoms with E-state index in [1.165, 1.54) is 38.6 Å². The topological polar surface area (TPSA) is 52.7 Å². The molecule has 0 bridgehead atoms. The predicted molar refractivity (Wildman–Crippen MR) is 69.8 cm³/mol. The van der Waals surface area contributed by atoms with Crippen LogP contribution in [0.15, 0.2) is 12.5 Å². The molecular formula is C13H24N4. The maximum atomic E-state index is 4.02. The number of aromatic amines is 1. The predicted octanol–water partition coefficient (Wildman–Crippen LogP) is 1.81. The van der Waals surface area contributed by atoms with Crippen LogP contribution >= 0.6 is 0 Å². The molecule has 3 N–H and O–H groups in total. The lowest BCUT2D eigenvalue weighted by Gasteiger charge is -2.21. The average molecular weight is 236 g/mol. The van der Waals surface area contributed by atoms with Crippen LogP contribution in [0.5, 0.6) is 0 Å². The monoisotopic (exact) mass is 236 g/mol. The highest BCUT2D eigenvalue weighted by atomic mass is 15.0. The SMILES string of the molecule is CC(CC1CCCCCN1)NCc1cnc[nH]1. The highest BCUT2D eigenvalue weighted by Gasteiger charge is 2.14. The Balaban J connectivity index is 1.67. The number of hydrogen-bond acceptors (Lipinski definition) is 3. The van der Waals surface area contributed by atoms with Gasteiger partial charge in [-0.25, -0.2) is 4.98 Å². The van der Waals surface area contributed by atoms with E-state index in [0.717, 1.165) is 12.2 Å². The van der Waals surface area contributed by atoms with E-state index < -0.39 is 0 Å². The molecule has 1 aromatic heterocycles. The third-order valence-corrected chi connectivity index (χ3v) is 3.50.